The lowest BCUT2D eigenvalue weighted by molar-refractivity contribution is -0.0498. The van der Waals surface area contributed by atoms with E-state index in [0.29, 0.717) is 24.6 Å². The third-order valence-corrected chi connectivity index (χ3v) is 4.14. The van der Waals surface area contributed by atoms with Gasteiger partial charge in [0.1, 0.15) is 5.75 Å². The molecule has 7 nitrogen and oxygen atoms in total. The van der Waals surface area contributed by atoms with Crippen molar-refractivity contribution in [2.45, 2.75) is 26.4 Å². The average molecular weight is 371 g/mol. The van der Waals surface area contributed by atoms with Crippen molar-refractivity contribution in [3.05, 3.63) is 59.8 Å². The first-order valence-corrected chi connectivity index (χ1v) is 8.26. The highest BCUT2D eigenvalue weighted by atomic mass is 19.3. The van der Waals surface area contributed by atoms with Crippen molar-refractivity contribution < 1.29 is 18.0 Å². The lowest BCUT2D eigenvalue weighted by Gasteiger charge is -2.05. The normalized spacial score (nSPS) is 11.4. The predicted molar refractivity (Wildman–Crippen MR) is 91.5 cm³/mol. The molecule has 0 saturated heterocycles. The number of fused-ring (bicyclic) bond motifs is 1. The number of nitrogens with zero attached hydrogens (tertiary/aromatic N) is 5. The Morgan fingerprint density at radius 2 is 1.96 bits per heavy atom. The van der Waals surface area contributed by atoms with Crippen molar-refractivity contribution in [1.29, 1.82) is 0 Å². The van der Waals surface area contributed by atoms with Gasteiger partial charge in [0, 0.05) is 18.7 Å². The Balaban J connectivity index is 1.45. The lowest BCUT2D eigenvalue weighted by atomic mass is 10.1. The first-order chi connectivity index (χ1) is 13.1. The van der Waals surface area contributed by atoms with Crippen LogP contribution in [0.5, 0.6) is 5.75 Å². The first-order valence-electron chi connectivity index (χ1n) is 8.26. The summed E-state index contributed by atoms with van der Waals surface area (Å²) >= 11 is 0. The van der Waals surface area contributed by atoms with E-state index in [1.165, 1.54) is 12.1 Å². The Hall–Kier alpha value is -3.36. The third-order valence-electron chi connectivity index (χ3n) is 4.14. The van der Waals surface area contributed by atoms with E-state index in [2.05, 4.69) is 25.0 Å². The number of hydrogen-bond acceptors (Lipinski definition) is 6. The number of ether oxygens (including phenoxy) is 1. The molecular weight excluding hydrogens is 356 g/mol. The van der Waals surface area contributed by atoms with Gasteiger partial charge >= 0.3 is 6.61 Å². The molecule has 0 spiro atoms. The monoisotopic (exact) mass is 371 g/mol. The van der Waals surface area contributed by atoms with Crippen LogP contribution in [0.1, 0.15) is 17.1 Å². The van der Waals surface area contributed by atoms with Gasteiger partial charge in [-0.15, -0.1) is 0 Å². The summed E-state index contributed by atoms with van der Waals surface area (Å²) in [6.45, 7) is -0.920. The molecule has 0 radical (unpaired) electrons. The fraction of sp³-hybridized carbons (Fsp3) is 0.222. The van der Waals surface area contributed by atoms with E-state index < -0.39 is 6.61 Å². The Kier molecular flexibility index (Phi) is 4.49. The Labute approximate surface area is 152 Å². The van der Waals surface area contributed by atoms with E-state index >= 15 is 0 Å². The van der Waals surface area contributed by atoms with E-state index in [-0.39, 0.29) is 5.75 Å². The second-order valence-corrected chi connectivity index (χ2v) is 5.90. The zero-order valence-corrected chi connectivity index (χ0v) is 14.3. The molecular formula is C18H15F2N5O2. The summed E-state index contributed by atoms with van der Waals surface area (Å²) in [5.74, 6) is 1.07. The number of halogens is 2. The SMILES string of the molecule is Cc1c(-c2nc(CCc3ccc(OC(F)F)cc3)no2)cnc2ccnn12. The molecule has 0 amide bonds. The van der Waals surface area contributed by atoms with Gasteiger partial charge in [0.05, 0.1) is 17.5 Å². The molecule has 0 fully saturated rings. The molecule has 0 N–H and O–H groups in total. The van der Waals surface area contributed by atoms with Crippen LogP contribution >= 0.6 is 0 Å². The van der Waals surface area contributed by atoms with Crippen molar-refractivity contribution in [3.8, 4) is 17.2 Å². The summed E-state index contributed by atoms with van der Waals surface area (Å²) in [6, 6.07) is 8.31. The molecule has 138 valence electrons. The highest BCUT2D eigenvalue weighted by molar-refractivity contribution is 5.57. The van der Waals surface area contributed by atoms with Gasteiger partial charge in [0.15, 0.2) is 11.5 Å². The molecule has 0 aliphatic rings. The number of benzene rings is 1. The lowest BCUT2D eigenvalue weighted by Crippen LogP contribution is -2.02. The van der Waals surface area contributed by atoms with Crippen LogP contribution in [-0.2, 0) is 12.8 Å². The standard InChI is InChI=1S/C18H15F2N5O2/c1-11-14(10-21-16-8-9-22-25(11)16)17-23-15(24-27-17)7-4-12-2-5-13(6-3-12)26-18(19)20/h2-3,5-6,8-10,18H,4,7H2,1H3. The molecule has 4 aromatic rings. The topological polar surface area (TPSA) is 78.3 Å². The minimum absolute atomic E-state index is 0.132. The molecule has 3 heterocycles. The van der Waals surface area contributed by atoms with Crippen molar-refractivity contribution in [1.82, 2.24) is 24.7 Å². The van der Waals surface area contributed by atoms with Crippen LogP contribution in [0.4, 0.5) is 8.78 Å². The predicted octanol–water partition coefficient (Wildman–Crippen LogP) is 3.47. The van der Waals surface area contributed by atoms with Gasteiger partial charge in [-0.2, -0.15) is 18.9 Å². The smallest absolute Gasteiger partial charge is 0.387 e. The summed E-state index contributed by atoms with van der Waals surface area (Å²) in [5, 5.41) is 8.23. The largest absolute Gasteiger partial charge is 0.435 e. The number of rotatable bonds is 6. The zero-order valence-electron chi connectivity index (χ0n) is 14.3. The number of alkyl halides is 2. The van der Waals surface area contributed by atoms with Gasteiger partial charge in [0.2, 0.25) is 0 Å². The molecule has 0 aliphatic carbocycles. The number of aromatic nitrogens is 5. The molecule has 0 aliphatic heterocycles. The van der Waals surface area contributed by atoms with E-state index in [1.54, 1.807) is 29.0 Å². The fourth-order valence-electron chi connectivity index (χ4n) is 2.76. The fourth-order valence-corrected chi connectivity index (χ4v) is 2.76. The van der Waals surface area contributed by atoms with Crippen molar-refractivity contribution >= 4 is 5.65 Å². The van der Waals surface area contributed by atoms with Gasteiger partial charge in [-0.25, -0.2) is 9.50 Å². The van der Waals surface area contributed by atoms with Crippen LogP contribution in [0.2, 0.25) is 0 Å². The van der Waals surface area contributed by atoms with Crippen molar-refractivity contribution in [2.24, 2.45) is 0 Å². The van der Waals surface area contributed by atoms with E-state index in [4.69, 9.17) is 4.52 Å². The second kappa shape index (κ2) is 7.10. The second-order valence-electron chi connectivity index (χ2n) is 5.90. The van der Waals surface area contributed by atoms with Crippen molar-refractivity contribution in [2.75, 3.05) is 0 Å². The van der Waals surface area contributed by atoms with E-state index in [9.17, 15) is 8.78 Å². The van der Waals surface area contributed by atoms with Gasteiger partial charge in [-0.3, -0.25) is 0 Å². The summed E-state index contributed by atoms with van der Waals surface area (Å²) < 4.78 is 35.7. The minimum atomic E-state index is -2.83. The van der Waals surface area contributed by atoms with Crippen LogP contribution in [0.3, 0.4) is 0 Å². The number of aryl methyl sites for hydroxylation is 3. The first kappa shape index (κ1) is 17.1. The third kappa shape index (κ3) is 3.62. The summed E-state index contributed by atoms with van der Waals surface area (Å²) in [4.78, 5) is 8.74. The molecule has 0 atom stereocenters. The maximum atomic E-state index is 12.2. The maximum absolute atomic E-state index is 12.2. The molecule has 0 bridgehead atoms. The molecule has 0 saturated carbocycles. The molecule has 3 aromatic heterocycles. The zero-order chi connectivity index (χ0) is 18.8. The van der Waals surface area contributed by atoms with Gasteiger partial charge in [0.25, 0.3) is 5.89 Å². The van der Waals surface area contributed by atoms with Gasteiger partial charge in [-0.05, 0) is 31.0 Å². The van der Waals surface area contributed by atoms with Gasteiger partial charge in [-0.1, -0.05) is 17.3 Å². The van der Waals surface area contributed by atoms with E-state index in [1.807, 2.05) is 13.0 Å². The van der Waals surface area contributed by atoms with Gasteiger partial charge < -0.3 is 9.26 Å². The highest BCUT2D eigenvalue weighted by Gasteiger charge is 2.14. The molecule has 1 aromatic carbocycles. The highest BCUT2D eigenvalue weighted by Crippen LogP contribution is 2.22. The molecule has 27 heavy (non-hydrogen) atoms. The summed E-state index contributed by atoms with van der Waals surface area (Å²) in [7, 11) is 0. The molecule has 4 rings (SSSR count). The molecule has 9 heteroatoms. The molecule has 0 unspecified atom stereocenters. The Morgan fingerprint density at radius 1 is 1.15 bits per heavy atom. The quantitative estimate of drug-likeness (QED) is 0.516. The minimum Gasteiger partial charge on any atom is -0.435 e. The number of hydrogen-bond donors (Lipinski definition) is 0. The van der Waals surface area contributed by atoms with E-state index in [0.717, 1.165) is 22.5 Å². The Bertz CT molecular complexity index is 1060. The maximum Gasteiger partial charge on any atom is 0.387 e. The van der Waals surface area contributed by atoms with Crippen LogP contribution in [-0.4, -0.2) is 31.4 Å². The summed E-state index contributed by atoms with van der Waals surface area (Å²) in [5.41, 5.74) is 3.28. The average Bonchev–Trinajstić information content (AvgIpc) is 3.30. The Morgan fingerprint density at radius 3 is 2.74 bits per heavy atom. The van der Waals surface area contributed by atoms with Crippen LogP contribution < -0.4 is 4.74 Å². The van der Waals surface area contributed by atoms with Crippen LogP contribution in [0.15, 0.2) is 47.2 Å². The summed E-state index contributed by atoms with van der Waals surface area (Å²) in [6.07, 6.45) is 4.56. The van der Waals surface area contributed by atoms with Crippen molar-refractivity contribution in [3.63, 3.8) is 0 Å². The van der Waals surface area contributed by atoms with Crippen LogP contribution in [0.25, 0.3) is 17.1 Å². The van der Waals surface area contributed by atoms with Crippen LogP contribution in [0, 0.1) is 6.92 Å².